The summed E-state index contributed by atoms with van der Waals surface area (Å²) >= 11 is 1.39. The number of carbonyl (C=O) groups excluding carboxylic acids is 1. The Balaban J connectivity index is 1.73. The molecule has 0 saturated carbocycles. The standard InChI is InChI=1S/C16H16N4O3S/c1-10-8-13(21)20-11(9-24-16(20)18-10)5-6-17-14(22)12-4-3-7-19(2)15(12)23/h3-4,7-9H,5-6H2,1-2H3,(H,17,22). The van der Waals surface area contributed by atoms with Gasteiger partial charge in [-0.05, 0) is 19.1 Å². The van der Waals surface area contributed by atoms with E-state index in [0.29, 0.717) is 23.6 Å². The van der Waals surface area contributed by atoms with E-state index in [9.17, 15) is 14.4 Å². The fraction of sp³-hybridized carbons (Fsp3) is 0.250. The lowest BCUT2D eigenvalue weighted by Crippen LogP contribution is -2.33. The Bertz CT molecular complexity index is 1030. The number of thiazole rings is 1. The van der Waals surface area contributed by atoms with Crippen LogP contribution in [0.15, 0.2) is 39.4 Å². The number of rotatable bonds is 4. The number of hydrogen-bond acceptors (Lipinski definition) is 5. The zero-order valence-electron chi connectivity index (χ0n) is 13.3. The van der Waals surface area contributed by atoms with E-state index in [1.165, 1.54) is 28.0 Å². The van der Waals surface area contributed by atoms with Crippen molar-refractivity contribution >= 4 is 22.2 Å². The average Bonchev–Trinajstić information content (AvgIpc) is 2.93. The maximum Gasteiger partial charge on any atom is 0.263 e. The van der Waals surface area contributed by atoms with Crippen LogP contribution in [0.25, 0.3) is 4.96 Å². The van der Waals surface area contributed by atoms with E-state index >= 15 is 0 Å². The Labute approximate surface area is 141 Å². The number of aryl methyl sites for hydroxylation is 2. The molecule has 3 heterocycles. The second-order valence-corrected chi connectivity index (χ2v) is 6.26. The number of amides is 1. The van der Waals surface area contributed by atoms with E-state index in [2.05, 4.69) is 10.3 Å². The summed E-state index contributed by atoms with van der Waals surface area (Å²) < 4.78 is 2.90. The monoisotopic (exact) mass is 344 g/mol. The fourth-order valence-electron chi connectivity index (χ4n) is 2.43. The van der Waals surface area contributed by atoms with Gasteiger partial charge < -0.3 is 9.88 Å². The lowest BCUT2D eigenvalue weighted by atomic mass is 10.2. The van der Waals surface area contributed by atoms with Crippen molar-refractivity contribution in [3.63, 3.8) is 0 Å². The third-order valence-corrected chi connectivity index (χ3v) is 4.51. The van der Waals surface area contributed by atoms with Crippen LogP contribution in [-0.2, 0) is 13.5 Å². The molecular formula is C16H16N4O3S. The molecule has 1 amide bonds. The van der Waals surface area contributed by atoms with Crippen LogP contribution in [-0.4, -0.2) is 26.4 Å². The molecule has 8 heteroatoms. The summed E-state index contributed by atoms with van der Waals surface area (Å²) in [6, 6.07) is 4.63. The van der Waals surface area contributed by atoms with Crippen LogP contribution in [0.1, 0.15) is 21.7 Å². The lowest BCUT2D eigenvalue weighted by Gasteiger charge is -2.06. The summed E-state index contributed by atoms with van der Waals surface area (Å²) in [5, 5.41) is 4.58. The third-order valence-electron chi connectivity index (χ3n) is 3.64. The molecule has 3 aromatic heterocycles. The van der Waals surface area contributed by atoms with Gasteiger partial charge >= 0.3 is 0 Å². The molecule has 0 saturated heterocycles. The van der Waals surface area contributed by atoms with Crippen molar-refractivity contribution in [2.75, 3.05) is 6.54 Å². The lowest BCUT2D eigenvalue weighted by molar-refractivity contribution is 0.0952. The van der Waals surface area contributed by atoms with Gasteiger partial charge in [0, 0.05) is 49.0 Å². The first-order valence-electron chi connectivity index (χ1n) is 7.38. The molecule has 0 aliphatic heterocycles. The molecule has 3 rings (SSSR count). The van der Waals surface area contributed by atoms with Crippen LogP contribution >= 0.6 is 11.3 Å². The van der Waals surface area contributed by atoms with Gasteiger partial charge in [0.15, 0.2) is 4.96 Å². The molecule has 7 nitrogen and oxygen atoms in total. The van der Waals surface area contributed by atoms with Crippen LogP contribution in [0.5, 0.6) is 0 Å². The molecule has 0 unspecified atom stereocenters. The number of nitrogens with one attached hydrogen (secondary N) is 1. The van der Waals surface area contributed by atoms with Crippen LogP contribution in [0.4, 0.5) is 0 Å². The van der Waals surface area contributed by atoms with Crippen LogP contribution in [0, 0.1) is 6.92 Å². The molecule has 0 spiro atoms. The Morgan fingerprint density at radius 2 is 2.17 bits per heavy atom. The average molecular weight is 344 g/mol. The summed E-state index contributed by atoms with van der Waals surface area (Å²) in [5.74, 6) is -0.419. The van der Waals surface area contributed by atoms with Gasteiger partial charge in [0.05, 0.1) is 0 Å². The van der Waals surface area contributed by atoms with Crippen molar-refractivity contribution in [1.82, 2.24) is 19.3 Å². The van der Waals surface area contributed by atoms with E-state index in [1.54, 1.807) is 30.6 Å². The molecule has 0 atom stereocenters. The predicted octanol–water partition coefficient (Wildman–Crippen LogP) is 0.736. The summed E-state index contributed by atoms with van der Waals surface area (Å²) in [6.45, 7) is 2.10. The predicted molar refractivity (Wildman–Crippen MR) is 91.8 cm³/mol. The maximum atomic E-state index is 12.1. The topological polar surface area (TPSA) is 85.5 Å². The minimum atomic E-state index is -0.419. The van der Waals surface area contributed by atoms with E-state index in [-0.39, 0.29) is 16.7 Å². The van der Waals surface area contributed by atoms with Gasteiger partial charge in [0.2, 0.25) is 0 Å². The number of carbonyl (C=O) groups is 1. The Kier molecular flexibility index (Phi) is 4.30. The second kappa shape index (κ2) is 6.40. The van der Waals surface area contributed by atoms with E-state index in [0.717, 1.165) is 5.69 Å². The van der Waals surface area contributed by atoms with Gasteiger partial charge in [-0.25, -0.2) is 4.98 Å². The van der Waals surface area contributed by atoms with Gasteiger partial charge in [-0.1, -0.05) is 0 Å². The summed E-state index contributed by atoms with van der Waals surface area (Å²) in [4.78, 5) is 41.1. The molecule has 0 aliphatic carbocycles. The van der Waals surface area contributed by atoms with Crippen molar-refractivity contribution in [2.24, 2.45) is 7.05 Å². The molecule has 0 fully saturated rings. The van der Waals surface area contributed by atoms with Gasteiger partial charge in [0.1, 0.15) is 5.56 Å². The Morgan fingerprint density at radius 1 is 1.38 bits per heavy atom. The molecule has 3 aromatic rings. The van der Waals surface area contributed by atoms with Gasteiger partial charge in [-0.3, -0.25) is 18.8 Å². The molecule has 0 aromatic carbocycles. The van der Waals surface area contributed by atoms with Crippen molar-refractivity contribution in [3.05, 3.63) is 67.4 Å². The molecule has 24 heavy (non-hydrogen) atoms. The number of fused-ring (bicyclic) bond motifs is 1. The minimum absolute atomic E-state index is 0.102. The SMILES string of the molecule is Cc1cc(=O)n2c(CCNC(=O)c3cccn(C)c3=O)csc2n1. The van der Waals surface area contributed by atoms with Crippen molar-refractivity contribution in [2.45, 2.75) is 13.3 Å². The van der Waals surface area contributed by atoms with Crippen LogP contribution in [0.3, 0.4) is 0 Å². The quantitative estimate of drug-likeness (QED) is 0.756. The molecule has 124 valence electrons. The van der Waals surface area contributed by atoms with Crippen LogP contribution < -0.4 is 16.4 Å². The smallest absolute Gasteiger partial charge is 0.263 e. The third kappa shape index (κ3) is 3.00. The number of aromatic nitrogens is 3. The van der Waals surface area contributed by atoms with Crippen molar-refractivity contribution < 1.29 is 4.79 Å². The molecule has 0 bridgehead atoms. The summed E-state index contributed by atoms with van der Waals surface area (Å²) in [5.41, 5.74) is 1.10. The van der Waals surface area contributed by atoms with E-state index in [1.807, 2.05) is 5.38 Å². The highest BCUT2D eigenvalue weighted by Gasteiger charge is 2.12. The molecule has 0 radical (unpaired) electrons. The highest BCUT2D eigenvalue weighted by molar-refractivity contribution is 7.15. The Morgan fingerprint density at radius 3 is 2.96 bits per heavy atom. The first-order valence-corrected chi connectivity index (χ1v) is 8.26. The maximum absolute atomic E-state index is 12.1. The summed E-state index contributed by atoms with van der Waals surface area (Å²) in [7, 11) is 1.60. The van der Waals surface area contributed by atoms with Gasteiger partial charge in [-0.15, -0.1) is 11.3 Å². The zero-order valence-corrected chi connectivity index (χ0v) is 14.1. The number of pyridine rings is 1. The van der Waals surface area contributed by atoms with Crippen molar-refractivity contribution in [1.29, 1.82) is 0 Å². The number of hydrogen-bond donors (Lipinski definition) is 1. The second-order valence-electron chi connectivity index (χ2n) is 5.42. The normalized spacial score (nSPS) is 10.9. The van der Waals surface area contributed by atoms with Crippen LogP contribution in [0.2, 0.25) is 0 Å². The minimum Gasteiger partial charge on any atom is -0.351 e. The zero-order chi connectivity index (χ0) is 17.3. The van der Waals surface area contributed by atoms with Gasteiger partial charge in [-0.2, -0.15) is 0 Å². The Hall–Kier alpha value is -2.74. The molecule has 1 N–H and O–H groups in total. The highest BCUT2D eigenvalue weighted by Crippen LogP contribution is 2.12. The largest absolute Gasteiger partial charge is 0.351 e. The first-order chi connectivity index (χ1) is 11.5. The summed E-state index contributed by atoms with van der Waals surface area (Å²) in [6.07, 6.45) is 2.07. The van der Waals surface area contributed by atoms with E-state index < -0.39 is 5.91 Å². The molecule has 0 aliphatic rings. The van der Waals surface area contributed by atoms with E-state index in [4.69, 9.17) is 0 Å². The first kappa shape index (κ1) is 16.1. The number of nitrogens with zero attached hydrogens (tertiary/aromatic N) is 3. The van der Waals surface area contributed by atoms with Gasteiger partial charge in [0.25, 0.3) is 17.0 Å². The van der Waals surface area contributed by atoms with Crippen molar-refractivity contribution in [3.8, 4) is 0 Å². The fourth-order valence-corrected chi connectivity index (χ4v) is 3.40. The molecular weight excluding hydrogens is 328 g/mol. The highest BCUT2D eigenvalue weighted by atomic mass is 32.1.